The van der Waals surface area contributed by atoms with Crippen molar-refractivity contribution in [3.8, 4) is 0 Å². The normalized spacial score (nSPS) is 10.2. The largest absolute Gasteiger partial charge is 0.322 e. The molecule has 2 rings (SSSR count). The molecule has 2 aromatic carbocycles. The van der Waals surface area contributed by atoms with Crippen LogP contribution in [0.3, 0.4) is 0 Å². The van der Waals surface area contributed by atoms with E-state index in [1.807, 2.05) is 31.3 Å². The van der Waals surface area contributed by atoms with Crippen LogP contribution in [-0.2, 0) is 6.54 Å². The zero-order chi connectivity index (χ0) is 13.7. The molecule has 1 amide bonds. The van der Waals surface area contributed by atoms with E-state index in [1.54, 1.807) is 24.3 Å². The summed E-state index contributed by atoms with van der Waals surface area (Å²) in [7, 11) is 1.90. The third kappa shape index (κ3) is 3.56. The Morgan fingerprint density at radius 2 is 1.79 bits per heavy atom. The summed E-state index contributed by atoms with van der Waals surface area (Å²) in [4.78, 5) is 12.0. The molecule has 3 nitrogen and oxygen atoms in total. The molecule has 0 fully saturated rings. The van der Waals surface area contributed by atoms with Crippen molar-refractivity contribution >= 4 is 23.2 Å². The van der Waals surface area contributed by atoms with E-state index in [0.717, 1.165) is 12.2 Å². The molecule has 0 unspecified atom stereocenters. The number of carbonyl (C=O) groups excluding carboxylic acids is 1. The maximum Gasteiger partial charge on any atom is 0.257 e. The minimum atomic E-state index is -0.202. The number of rotatable bonds is 4. The van der Waals surface area contributed by atoms with Crippen molar-refractivity contribution in [1.82, 2.24) is 5.32 Å². The zero-order valence-corrected chi connectivity index (χ0v) is 11.4. The van der Waals surface area contributed by atoms with E-state index in [1.165, 1.54) is 5.56 Å². The van der Waals surface area contributed by atoms with E-state index in [9.17, 15) is 4.79 Å². The van der Waals surface area contributed by atoms with Crippen LogP contribution in [-0.4, -0.2) is 13.0 Å². The first-order valence-electron chi connectivity index (χ1n) is 6.00. The molecule has 0 aliphatic rings. The van der Waals surface area contributed by atoms with Gasteiger partial charge in [-0.3, -0.25) is 4.79 Å². The van der Waals surface area contributed by atoms with Crippen LogP contribution in [0.5, 0.6) is 0 Å². The summed E-state index contributed by atoms with van der Waals surface area (Å²) in [5, 5.41) is 6.35. The average Bonchev–Trinajstić information content (AvgIpc) is 2.42. The van der Waals surface area contributed by atoms with Crippen LogP contribution in [0.25, 0.3) is 0 Å². The zero-order valence-electron chi connectivity index (χ0n) is 10.6. The topological polar surface area (TPSA) is 41.1 Å². The van der Waals surface area contributed by atoms with Crippen LogP contribution in [0.15, 0.2) is 48.5 Å². The van der Waals surface area contributed by atoms with E-state index >= 15 is 0 Å². The number of halogens is 1. The van der Waals surface area contributed by atoms with Crippen molar-refractivity contribution in [2.75, 3.05) is 12.4 Å². The highest BCUT2D eigenvalue weighted by atomic mass is 35.5. The smallest absolute Gasteiger partial charge is 0.257 e. The first-order chi connectivity index (χ1) is 9.20. The summed E-state index contributed by atoms with van der Waals surface area (Å²) in [5.41, 5.74) is 2.39. The maximum absolute atomic E-state index is 12.0. The van der Waals surface area contributed by atoms with E-state index in [-0.39, 0.29) is 5.91 Å². The SMILES string of the molecule is CNCc1ccc(NC(=O)c2ccccc2Cl)cc1. The fraction of sp³-hybridized carbons (Fsp3) is 0.133. The molecule has 98 valence electrons. The lowest BCUT2D eigenvalue weighted by molar-refractivity contribution is 0.102. The molecule has 0 aliphatic carbocycles. The van der Waals surface area contributed by atoms with Crippen LogP contribution >= 0.6 is 11.6 Å². The van der Waals surface area contributed by atoms with Crippen molar-refractivity contribution in [2.45, 2.75) is 6.54 Å². The van der Waals surface area contributed by atoms with Gasteiger partial charge in [0.15, 0.2) is 0 Å². The number of amides is 1. The van der Waals surface area contributed by atoms with Gasteiger partial charge in [-0.15, -0.1) is 0 Å². The summed E-state index contributed by atoms with van der Waals surface area (Å²) < 4.78 is 0. The van der Waals surface area contributed by atoms with Gasteiger partial charge in [0.1, 0.15) is 0 Å². The van der Waals surface area contributed by atoms with Crippen LogP contribution < -0.4 is 10.6 Å². The monoisotopic (exact) mass is 274 g/mol. The Morgan fingerprint density at radius 1 is 1.11 bits per heavy atom. The number of anilines is 1. The lowest BCUT2D eigenvalue weighted by Crippen LogP contribution is -2.12. The van der Waals surface area contributed by atoms with Gasteiger partial charge in [0, 0.05) is 12.2 Å². The second kappa shape index (κ2) is 6.36. The van der Waals surface area contributed by atoms with Gasteiger partial charge in [0.05, 0.1) is 10.6 Å². The molecule has 0 aromatic heterocycles. The second-order valence-corrected chi connectivity index (χ2v) is 4.57. The van der Waals surface area contributed by atoms with Gasteiger partial charge in [-0.2, -0.15) is 0 Å². The molecule has 0 saturated heterocycles. The molecule has 0 spiro atoms. The quantitative estimate of drug-likeness (QED) is 0.898. The highest BCUT2D eigenvalue weighted by molar-refractivity contribution is 6.34. The maximum atomic E-state index is 12.0. The fourth-order valence-corrected chi connectivity index (χ4v) is 1.98. The highest BCUT2D eigenvalue weighted by Crippen LogP contribution is 2.17. The summed E-state index contributed by atoms with van der Waals surface area (Å²) in [5.74, 6) is -0.202. The molecule has 4 heteroatoms. The molecule has 2 aromatic rings. The summed E-state index contributed by atoms with van der Waals surface area (Å²) in [6, 6.07) is 14.7. The number of benzene rings is 2. The van der Waals surface area contributed by atoms with Gasteiger partial charge in [-0.25, -0.2) is 0 Å². The standard InChI is InChI=1S/C15H15ClN2O/c1-17-10-11-6-8-12(9-7-11)18-15(19)13-4-2-3-5-14(13)16/h2-9,17H,10H2,1H3,(H,18,19). The van der Waals surface area contributed by atoms with Crippen molar-refractivity contribution < 1.29 is 4.79 Å². The average molecular weight is 275 g/mol. The molecular formula is C15H15ClN2O. The highest BCUT2D eigenvalue weighted by Gasteiger charge is 2.09. The molecular weight excluding hydrogens is 260 g/mol. The first kappa shape index (κ1) is 13.6. The minimum Gasteiger partial charge on any atom is -0.322 e. The van der Waals surface area contributed by atoms with Crippen LogP contribution in [0.2, 0.25) is 5.02 Å². The fourth-order valence-electron chi connectivity index (χ4n) is 1.75. The number of carbonyl (C=O) groups is 1. The third-order valence-corrected chi connectivity index (χ3v) is 3.04. The molecule has 0 saturated carbocycles. The Morgan fingerprint density at radius 3 is 2.42 bits per heavy atom. The number of hydrogen-bond acceptors (Lipinski definition) is 2. The van der Waals surface area contributed by atoms with Crippen molar-refractivity contribution in [2.24, 2.45) is 0 Å². The summed E-state index contributed by atoms with van der Waals surface area (Å²) in [6.07, 6.45) is 0. The van der Waals surface area contributed by atoms with Gasteiger partial charge >= 0.3 is 0 Å². The van der Waals surface area contributed by atoms with Crippen molar-refractivity contribution in [3.63, 3.8) is 0 Å². The third-order valence-electron chi connectivity index (χ3n) is 2.71. The summed E-state index contributed by atoms with van der Waals surface area (Å²) in [6.45, 7) is 0.804. The Bertz CT molecular complexity index is 567. The molecule has 2 N–H and O–H groups in total. The Labute approximate surface area is 117 Å². The Hall–Kier alpha value is -1.84. The molecule has 0 radical (unpaired) electrons. The molecule has 0 heterocycles. The molecule has 19 heavy (non-hydrogen) atoms. The van der Waals surface area contributed by atoms with Gasteiger partial charge in [-0.05, 0) is 36.9 Å². The number of hydrogen-bond donors (Lipinski definition) is 2. The van der Waals surface area contributed by atoms with Crippen molar-refractivity contribution in [1.29, 1.82) is 0 Å². The van der Waals surface area contributed by atoms with E-state index in [4.69, 9.17) is 11.6 Å². The molecule has 0 aliphatic heterocycles. The minimum absolute atomic E-state index is 0.202. The van der Waals surface area contributed by atoms with Gasteiger partial charge in [-0.1, -0.05) is 35.9 Å². The van der Waals surface area contributed by atoms with Crippen molar-refractivity contribution in [3.05, 3.63) is 64.7 Å². The van der Waals surface area contributed by atoms with Crippen LogP contribution in [0, 0.1) is 0 Å². The predicted octanol–water partition coefficient (Wildman–Crippen LogP) is 3.31. The van der Waals surface area contributed by atoms with E-state index in [2.05, 4.69) is 10.6 Å². The Kier molecular flexibility index (Phi) is 4.55. The first-order valence-corrected chi connectivity index (χ1v) is 6.38. The van der Waals surface area contributed by atoms with Gasteiger partial charge < -0.3 is 10.6 Å². The second-order valence-electron chi connectivity index (χ2n) is 4.16. The number of nitrogens with one attached hydrogen (secondary N) is 2. The summed E-state index contributed by atoms with van der Waals surface area (Å²) >= 11 is 5.98. The van der Waals surface area contributed by atoms with Gasteiger partial charge in [0.25, 0.3) is 5.91 Å². The lowest BCUT2D eigenvalue weighted by Gasteiger charge is -2.07. The lowest BCUT2D eigenvalue weighted by atomic mass is 10.2. The Balaban J connectivity index is 2.09. The van der Waals surface area contributed by atoms with Gasteiger partial charge in [0.2, 0.25) is 0 Å². The molecule has 0 bridgehead atoms. The van der Waals surface area contributed by atoms with E-state index in [0.29, 0.717) is 10.6 Å². The molecule has 0 atom stereocenters. The van der Waals surface area contributed by atoms with Crippen LogP contribution in [0.4, 0.5) is 5.69 Å². The van der Waals surface area contributed by atoms with Crippen LogP contribution in [0.1, 0.15) is 15.9 Å². The van der Waals surface area contributed by atoms with E-state index < -0.39 is 0 Å². The predicted molar refractivity (Wildman–Crippen MR) is 78.6 cm³/mol.